The van der Waals surface area contributed by atoms with Gasteiger partial charge in [-0.1, -0.05) is 12.2 Å². The first kappa shape index (κ1) is 16.0. The molecule has 1 amide bonds. The van der Waals surface area contributed by atoms with Crippen molar-refractivity contribution in [3.05, 3.63) is 12.2 Å². The second-order valence-corrected chi connectivity index (χ2v) is 9.03. The highest BCUT2D eigenvalue weighted by Crippen LogP contribution is 2.46. The molecule has 0 bridgehead atoms. The zero-order chi connectivity index (χ0) is 15.7. The van der Waals surface area contributed by atoms with Gasteiger partial charge in [-0.05, 0) is 38.0 Å². The predicted octanol–water partition coefficient (Wildman–Crippen LogP) is 2.48. The summed E-state index contributed by atoms with van der Waals surface area (Å²) in [6.07, 6.45) is 9.94. The number of carbonyl (C=O) groups is 1. The van der Waals surface area contributed by atoms with Gasteiger partial charge in [-0.2, -0.15) is 0 Å². The van der Waals surface area contributed by atoms with Crippen LogP contribution in [-0.4, -0.2) is 60.3 Å². The Morgan fingerprint density at radius 2 is 2.00 bits per heavy atom. The second kappa shape index (κ2) is 6.77. The van der Waals surface area contributed by atoms with Crippen molar-refractivity contribution in [1.82, 2.24) is 4.90 Å². The lowest BCUT2D eigenvalue weighted by molar-refractivity contribution is -0.140. The molecule has 1 spiro atoms. The van der Waals surface area contributed by atoms with Gasteiger partial charge in [0.05, 0.1) is 10.9 Å². The first-order chi connectivity index (χ1) is 11.2. The highest BCUT2D eigenvalue weighted by Gasteiger charge is 2.51. The molecule has 0 aromatic carbocycles. The van der Waals surface area contributed by atoms with Gasteiger partial charge in [0.15, 0.2) is 0 Å². The van der Waals surface area contributed by atoms with Crippen LogP contribution in [0.4, 0.5) is 0 Å². The quantitative estimate of drug-likeness (QED) is 0.739. The number of hydrogen-bond donors (Lipinski definition) is 0. The Hall–Kier alpha value is -0.520. The van der Waals surface area contributed by atoms with Gasteiger partial charge in [0.25, 0.3) is 0 Å². The van der Waals surface area contributed by atoms with Crippen molar-refractivity contribution in [3.63, 3.8) is 0 Å². The molecule has 5 heteroatoms. The molecule has 3 saturated heterocycles. The smallest absolute Gasteiger partial charge is 0.226 e. The highest BCUT2D eigenvalue weighted by atomic mass is 32.2. The monoisotopic (exact) mass is 337 g/mol. The fourth-order valence-corrected chi connectivity index (χ4v) is 5.75. The van der Waals surface area contributed by atoms with Crippen molar-refractivity contribution in [2.45, 2.75) is 43.0 Å². The molecule has 0 unspecified atom stereocenters. The van der Waals surface area contributed by atoms with E-state index in [4.69, 9.17) is 9.47 Å². The number of thioether (sulfide) groups is 1. The fraction of sp³-hybridized carbons (Fsp3) is 0.833. The number of amides is 1. The molecule has 3 heterocycles. The average molecular weight is 337 g/mol. The summed E-state index contributed by atoms with van der Waals surface area (Å²) in [6.45, 7) is 4.55. The molecule has 0 saturated carbocycles. The van der Waals surface area contributed by atoms with Crippen LogP contribution in [0, 0.1) is 11.8 Å². The van der Waals surface area contributed by atoms with Gasteiger partial charge in [0, 0.05) is 44.6 Å². The first-order valence-electron chi connectivity index (χ1n) is 9.01. The summed E-state index contributed by atoms with van der Waals surface area (Å²) in [5, 5.41) is 0. The van der Waals surface area contributed by atoms with Crippen LogP contribution in [0.2, 0.25) is 0 Å². The zero-order valence-corrected chi connectivity index (χ0v) is 14.6. The average Bonchev–Trinajstić information content (AvgIpc) is 3.22. The van der Waals surface area contributed by atoms with Gasteiger partial charge in [0.1, 0.15) is 0 Å². The minimum atomic E-state index is 0.222. The topological polar surface area (TPSA) is 38.8 Å². The van der Waals surface area contributed by atoms with E-state index in [0.717, 1.165) is 70.8 Å². The van der Waals surface area contributed by atoms with Gasteiger partial charge < -0.3 is 14.4 Å². The number of carbonyl (C=O) groups excluding carboxylic acids is 1. The molecule has 0 N–H and O–H groups in total. The molecule has 128 valence electrons. The standard InChI is InChI=1S/C18H27NO3S/c20-17(15-3-1-2-4-15)19-12-18(13-19)9-16(11-23-18)22-10-14-5-7-21-8-6-14/h1-2,14-16H,3-13H2/t16-/m1/s1. The van der Waals surface area contributed by atoms with Crippen molar-refractivity contribution in [2.75, 3.05) is 38.7 Å². The van der Waals surface area contributed by atoms with Crippen LogP contribution >= 0.6 is 11.8 Å². The van der Waals surface area contributed by atoms with Crippen molar-refractivity contribution < 1.29 is 14.3 Å². The van der Waals surface area contributed by atoms with Crippen molar-refractivity contribution in [2.24, 2.45) is 11.8 Å². The van der Waals surface area contributed by atoms with E-state index < -0.39 is 0 Å². The van der Waals surface area contributed by atoms with Crippen LogP contribution in [0.3, 0.4) is 0 Å². The highest BCUT2D eigenvalue weighted by molar-refractivity contribution is 8.01. The van der Waals surface area contributed by atoms with E-state index in [-0.39, 0.29) is 5.92 Å². The number of hydrogen-bond acceptors (Lipinski definition) is 4. The number of allylic oxidation sites excluding steroid dienone is 2. The molecular formula is C18H27NO3S. The Bertz CT molecular complexity index is 461. The molecule has 1 atom stereocenters. The van der Waals surface area contributed by atoms with Crippen LogP contribution in [0.1, 0.15) is 32.1 Å². The number of nitrogens with zero attached hydrogens (tertiary/aromatic N) is 1. The maximum atomic E-state index is 12.4. The van der Waals surface area contributed by atoms with E-state index in [2.05, 4.69) is 17.1 Å². The molecule has 3 fully saturated rings. The van der Waals surface area contributed by atoms with E-state index in [1.807, 2.05) is 11.8 Å². The lowest BCUT2D eigenvalue weighted by Crippen LogP contribution is -2.61. The number of rotatable bonds is 4. The van der Waals surface area contributed by atoms with Crippen LogP contribution in [0.25, 0.3) is 0 Å². The summed E-state index contributed by atoms with van der Waals surface area (Å²) >= 11 is 2.03. The third kappa shape index (κ3) is 3.47. The third-order valence-corrected chi connectivity index (χ3v) is 7.29. The van der Waals surface area contributed by atoms with E-state index in [9.17, 15) is 4.79 Å². The molecule has 4 nitrogen and oxygen atoms in total. The Morgan fingerprint density at radius 1 is 1.26 bits per heavy atom. The van der Waals surface area contributed by atoms with Crippen LogP contribution < -0.4 is 0 Å². The summed E-state index contributed by atoms with van der Waals surface area (Å²) in [5.74, 6) is 2.36. The summed E-state index contributed by atoms with van der Waals surface area (Å²) in [4.78, 5) is 14.5. The van der Waals surface area contributed by atoms with Crippen molar-refractivity contribution in [1.29, 1.82) is 0 Å². The second-order valence-electron chi connectivity index (χ2n) is 7.54. The van der Waals surface area contributed by atoms with Gasteiger partial charge in [0.2, 0.25) is 5.91 Å². The van der Waals surface area contributed by atoms with Gasteiger partial charge in [-0.3, -0.25) is 4.79 Å². The largest absolute Gasteiger partial charge is 0.381 e. The van der Waals surface area contributed by atoms with Gasteiger partial charge >= 0.3 is 0 Å². The molecule has 4 aliphatic rings. The first-order valence-corrected chi connectivity index (χ1v) is 10.00. The lowest BCUT2D eigenvalue weighted by Gasteiger charge is -2.48. The van der Waals surface area contributed by atoms with Gasteiger partial charge in [-0.25, -0.2) is 0 Å². The van der Waals surface area contributed by atoms with Crippen LogP contribution in [0.5, 0.6) is 0 Å². The van der Waals surface area contributed by atoms with E-state index in [0.29, 0.717) is 22.7 Å². The number of ether oxygens (including phenoxy) is 2. The Labute approximate surface area is 143 Å². The van der Waals surface area contributed by atoms with Gasteiger partial charge in [-0.15, -0.1) is 11.8 Å². The molecule has 0 radical (unpaired) electrons. The molecular weight excluding hydrogens is 310 g/mol. The summed E-state index contributed by atoms with van der Waals surface area (Å²) in [7, 11) is 0. The predicted molar refractivity (Wildman–Crippen MR) is 91.5 cm³/mol. The van der Waals surface area contributed by atoms with Crippen LogP contribution in [-0.2, 0) is 14.3 Å². The van der Waals surface area contributed by atoms with E-state index >= 15 is 0 Å². The lowest BCUT2D eigenvalue weighted by atomic mass is 9.91. The van der Waals surface area contributed by atoms with Crippen molar-refractivity contribution in [3.8, 4) is 0 Å². The number of likely N-dealkylation sites (tertiary alicyclic amines) is 1. The fourth-order valence-electron chi connectivity index (χ4n) is 4.20. The Kier molecular flexibility index (Phi) is 4.70. The normalized spacial score (nSPS) is 31.0. The summed E-state index contributed by atoms with van der Waals surface area (Å²) in [5.41, 5.74) is 0. The Balaban J connectivity index is 1.19. The molecule has 4 rings (SSSR count). The van der Waals surface area contributed by atoms with E-state index in [1.165, 1.54) is 0 Å². The summed E-state index contributed by atoms with van der Waals surface area (Å²) in [6, 6.07) is 0. The third-order valence-electron chi connectivity index (χ3n) is 5.71. The zero-order valence-electron chi connectivity index (χ0n) is 13.7. The van der Waals surface area contributed by atoms with Crippen molar-refractivity contribution >= 4 is 17.7 Å². The molecule has 1 aliphatic carbocycles. The Morgan fingerprint density at radius 3 is 2.74 bits per heavy atom. The minimum absolute atomic E-state index is 0.222. The maximum absolute atomic E-state index is 12.4. The molecule has 3 aliphatic heterocycles. The van der Waals surface area contributed by atoms with Crippen LogP contribution in [0.15, 0.2) is 12.2 Å². The molecule has 0 aromatic rings. The molecule has 0 aromatic heterocycles. The summed E-state index contributed by atoms with van der Waals surface area (Å²) < 4.78 is 11.9. The molecule has 23 heavy (non-hydrogen) atoms. The minimum Gasteiger partial charge on any atom is -0.381 e. The maximum Gasteiger partial charge on any atom is 0.226 e. The van der Waals surface area contributed by atoms with E-state index in [1.54, 1.807) is 0 Å². The SMILES string of the molecule is O=C(C1CC=CC1)N1CC2(C[C@@H](OCC3CCOCC3)CS2)C1.